The van der Waals surface area contributed by atoms with Crippen LogP contribution in [0.25, 0.3) is 0 Å². The monoisotopic (exact) mass is 314 g/mol. The highest BCUT2D eigenvalue weighted by Crippen LogP contribution is 2.16. The van der Waals surface area contributed by atoms with Gasteiger partial charge in [0.1, 0.15) is 0 Å². The Labute approximate surface area is 131 Å². The standard InChI is InChI=1S/C14H22N4O2.ClH/c1-10(17-13(19)4-3-9-16-2)11-5-7-12(8-6-11)18-14(15)20;/h5-8,10,16H,3-4,9H2,1-2H3,(H,17,19)(H3,15,18,20);1H. The second kappa shape index (κ2) is 10.0. The SMILES string of the molecule is CNCCCC(=O)NC(C)c1ccc(NC(N)=O)cc1.Cl. The Balaban J connectivity index is 0.00000400. The molecular formula is C14H23ClN4O2. The fraction of sp³-hybridized carbons (Fsp3) is 0.429. The van der Waals surface area contributed by atoms with Gasteiger partial charge in [-0.3, -0.25) is 4.79 Å². The summed E-state index contributed by atoms with van der Waals surface area (Å²) in [5, 5.41) is 8.43. The number of primary amides is 1. The molecule has 0 aliphatic rings. The molecule has 118 valence electrons. The van der Waals surface area contributed by atoms with Gasteiger partial charge in [0.25, 0.3) is 0 Å². The second-order valence-electron chi connectivity index (χ2n) is 4.61. The third-order valence-corrected chi connectivity index (χ3v) is 2.89. The van der Waals surface area contributed by atoms with Crippen LogP contribution in [0.15, 0.2) is 24.3 Å². The molecule has 0 aliphatic heterocycles. The lowest BCUT2D eigenvalue weighted by molar-refractivity contribution is -0.121. The van der Waals surface area contributed by atoms with E-state index in [2.05, 4.69) is 16.0 Å². The molecular weight excluding hydrogens is 292 g/mol. The van der Waals surface area contributed by atoms with Crippen LogP contribution in [-0.4, -0.2) is 25.5 Å². The van der Waals surface area contributed by atoms with E-state index in [1.165, 1.54) is 0 Å². The summed E-state index contributed by atoms with van der Waals surface area (Å²) >= 11 is 0. The molecule has 0 fully saturated rings. The molecule has 21 heavy (non-hydrogen) atoms. The van der Waals surface area contributed by atoms with Crippen molar-refractivity contribution in [1.29, 1.82) is 0 Å². The molecule has 1 aromatic carbocycles. The summed E-state index contributed by atoms with van der Waals surface area (Å²) in [4.78, 5) is 22.4. The van der Waals surface area contributed by atoms with Crippen molar-refractivity contribution in [3.63, 3.8) is 0 Å². The molecule has 1 unspecified atom stereocenters. The number of carbonyl (C=O) groups is 2. The molecule has 1 aromatic rings. The summed E-state index contributed by atoms with van der Waals surface area (Å²) < 4.78 is 0. The van der Waals surface area contributed by atoms with Crippen molar-refractivity contribution in [3.8, 4) is 0 Å². The summed E-state index contributed by atoms with van der Waals surface area (Å²) in [7, 11) is 1.86. The molecule has 0 bridgehead atoms. The number of urea groups is 1. The van der Waals surface area contributed by atoms with Crippen LogP contribution in [-0.2, 0) is 4.79 Å². The fourth-order valence-electron chi connectivity index (χ4n) is 1.82. The number of amides is 3. The maximum absolute atomic E-state index is 11.7. The van der Waals surface area contributed by atoms with Crippen molar-refractivity contribution >= 4 is 30.0 Å². The van der Waals surface area contributed by atoms with E-state index in [0.29, 0.717) is 12.1 Å². The Kier molecular flexibility index (Phi) is 9.16. The van der Waals surface area contributed by atoms with E-state index < -0.39 is 6.03 Å². The molecule has 6 nitrogen and oxygen atoms in total. The average Bonchev–Trinajstić information content (AvgIpc) is 2.39. The fourth-order valence-corrected chi connectivity index (χ4v) is 1.82. The predicted molar refractivity (Wildman–Crippen MR) is 86.6 cm³/mol. The van der Waals surface area contributed by atoms with Gasteiger partial charge >= 0.3 is 6.03 Å². The number of nitrogens with one attached hydrogen (secondary N) is 3. The van der Waals surface area contributed by atoms with E-state index in [-0.39, 0.29) is 24.4 Å². The Hall–Kier alpha value is -1.79. The first-order valence-corrected chi connectivity index (χ1v) is 6.63. The molecule has 0 saturated carbocycles. The number of anilines is 1. The van der Waals surface area contributed by atoms with Gasteiger partial charge in [0.2, 0.25) is 5.91 Å². The predicted octanol–water partition coefficient (Wildman–Crippen LogP) is 1.78. The Morgan fingerprint density at radius 2 is 1.86 bits per heavy atom. The first-order chi connectivity index (χ1) is 9.52. The second-order valence-corrected chi connectivity index (χ2v) is 4.61. The van der Waals surface area contributed by atoms with E-state index >= 15 is 0 Å². The van der Waals surface area contributed by atoms with Crippen molar-refractivity contribution in [2.24, 2.45) is 5.73 Å². The molecule has 1 atom stereocenters. The Morgan fingerprint density at radius 1 is 1.24 bits per heavy atom. The molecule has 7 heteroatoms. The highest BCUT2D eigenvalue weighted by atomic mass is 35.5. The zero-order valence-corrected chi connectivity index (χ0v) is 13.1. The molecule has 3 amide bonds. The maximum atomic E-state index is 11.7. The van der Waals surface area contributed by atoms with Gasteiger partial charge in [-0.1, -0.05) is 12.1 Å². The van der Waals surface area contributed by atoms with Crippen molar-refractivity contribution < 1.29 is 9.59 Å². The van der Waals surface area contributed by atoms with Crippen LogP contribution in [0.1, 0.15) is 31.4 Å². The lowest BCUT2D eigenvalue weighted by Crippen LogP contribution is -2.27. The number of benzene rings is 1. The van der Waals surface area contributed by atoms with Gasteiger partial charge < -0.3 is 21.7 Å². The first kappa shape index (κ1) is 19.2. The van der Waals surface area contributed by atoms with E-state index in [9.17, 15) is 9.59 Å². The van der Waals surface area contributed by atoms with Crippen LogP contribution < -0.4 is 21.7 Å². The van der Waals surface area contributed by atoms with Crippen LogP contribution in [0.2, 0.25) is 0 Å². The first-order valence-electron chi connectivity index (χ1n) is 6.63. The third-order valence-electron chi connectivity index (χ3n) is 2.89. The van der Waals surface area contributed by atoms with E-state index in [4.69, 9.17) is 5.73 Å². The topological polar surface area (TPSA) is 96.2 Å². The molecule has 0 aromatic heterocycles. The molecule has 0 heterocycles. The number of hydrogen-bond acceptors (Lipinski definition) is 3. The van der Waals surface area contributed by atoms with Gasteiger partial charge in [-0.2, -0.15) is 0 Å². The molecule has 0 aliphatic carbocycles. The third kappa shape index (κ3) is 7.53. The minimum Gasteiger partial charge on any atom is -0.351 e. The highest BCUT2D eigenvalue weighted by Gasteiger charge is 2.09. The van der Waals surface area contributed by atoms with Crippen LogP contribution in [0.5, 0.6) is 0 Å². The van der Waals surface area contributed by atoms with E-state index in [0.717, 1.165) is 18.5 Å². The van der Waals surface area contributed by atoms with Crippen molar-refractivity contribution in [3.05, 3.63) is 29.8 Å². The molecule has 0 spiro atoms. The van der Waals surface area contributed by atoms with E-state index in [1.807, 2.05) is 26.1 Å². The van der Waals surface area contributed by atoms with Crippen molar-refractivity contribution in [2.75, 3.05) is 18.9 Å². The lowest BCUT2D eigenvalue weighted by Gasteiger charge is -2.15. The Morgan fingerprint density at radius 3 is 2.38 bits per heavy atom. The normalized spacial score (nSPS) is 11.1. The molecule has 1 rings (SSSR count). The van der Waals surface area contributed by atoms with Gasteiger partial charge in [-0.25, -0.2) is 4.79 Å². The van der Waals surface area contributed by atoms with Crippen molar-refractivity contribution in [1.82, 2.24) is 10.6 Å². The Bertz CT molecular complexity index is 451. The minimum atomic E-state index is -0.594. The maximum Gasteiger partial charge on any atom is 0.316 e. The quantitative estimate of drug-likeness (QED) is 0.578. The summed E-state index contributed by atoms with van der Waals surface area (Å²) in [6.45, 7) is 2.75. The van der Waals surface area contributed by atoms with Crippen molar-refractivity contribution in [2.45, 2.75) is 25.8 Å². The summed E-state index contributed by atoms with van der Waals surface area (Å²) in [6, 6.07) is 6.55. The van der Waals surface area contributed by atoms with E-state index in [1.54, 1.807) is 12.1 Å². The zero-order valence-electron chi connectivity index (χ0n) is 12.3. The van der Waals surface area contributed by atoms with Crippen LogP contribution in [0.3, 0.4) is 0 Å². The van der Waals surface area contributed by atoms with Gasteiger partial charge in [-0.15, -0.1) is 12.4 Å². The minimum absolute atomic E-state index is 0. The van der Waals surface area contributed by atoms with Crippen LogP contribution in [0.4, 0.5) is 10.5 Å². The van der Waals surface area contributed by atoms with Gasteiger partial charge in [0.15, 0.2) is 0 Å². The number of carbonyl (C=O) groups excluding carboxylic acids is 2. The van der Waals surface area contributed by atoms with Crippen LogP contribution in [0, 0.1) is 0 Å². The zero-order chi connectivity index (χ0) is 15.0. The van der Waals surface area contributed by atoms with Crippen LogP contribution >= 0.6 is 12.4 Å². The summed E-state index contributed by atoms with van der Waals surface area (Å²) in [6.07, 6.45) is 1.32. The largest absolute Gasteiger partial charge is 0.351 e. The molecule has 0 saturated heterocycles. The van der Waals surface area contributed by atoms with Gasteiger partial charge in [0.05, 0.1) is 6.04 Å². The van der Waals surface area contributed by atoms with Gasteiger partial charge in [0, 0.05) is 12.1 Å². The molecule has 0 radical (unpaired) electrons. The highest BCUT2D eigenvalue weighted by molar-refractivity contribution is 5.87. The number of rotatable bonds is 7. The summed E-state index contributed by atoms with van der Waals surface area (Å²) in [5.74, 6) is 0.0343. The number of hydrogen-bond donors (Lipinski definition) is 4. The average molecular weight is 315 g/mol. The molecule has 5 N–H and O–H groups in total. The smallest absolute Gasteiger partial charge is 0.316 e. The lowest BCUT2D eigenvalue weighted by atomic mass is 10.1. The van der Waals surface area contributed by atoms with Gasteiger partial charge in [-0.05, 0) is 44.6 Å². The summed E-state index contributed by atoms with van der Waals surface area (Å²) in [5.41, 5.74) is 6.64. The number of halogens is 1. The number of nitrogens with two attached hydrogens (primary N) is 1.